The molecule has 0 aliphatic rings. The molecule has 24 heavy (non-hydrogen) atoms. The molecular weight excluding hydrogens is 304 g/mol. The minimum atomic E-state index is -0.0123. The van der Waals surface area contributed by atoms with E-state index in [1.807, 2.05) is 12.1 Å². The smallest absolute Gasteiger partial charge is 0.243 e. The second kappa shape index (κ2) is 11.3. The van der Waals surface area contributed by atoms with Crippen molar-refractivity contribution in [2.24, 2.45) is 4.99 Å². The van der Waals surface area contributed by atoms with Crippen molar-refractivity contribution in [3.05, 3.63) is 29.8 Å². The molecule has 0 bridgehead atoms. The molecule has 0 saturated carbocycles. The van der Waals surface area contributed by atoms with Crippen LogP contribution in [-0.4, -0.2) is 57.6 Å². The number of nitrogens with one attached hydrogen (secondary N) is 2. The molecule has 0 aliphatic heterocycles. The number of ether oxygens (including phenoxy) is 1. The van der Waals surface area contributed by atoms with Gasteiger partial charge in [0.25, 0.3) is 0 Å². The van der Waals surface area contributed by atoms with Crippen molar-refractivity contribution in [1.29, 1.82) is 0 Å². The predicted octanol–water partition coefficient (Wildman–Crippen LogP) is 1.66. The third-order valence-corrected chi connectivity index (χ3v) is 3.56. The molecule has 134 valence electrons. The van der Waals surface area contributed by atoms with Crippen LogP contribution in [0.25, 0.3) is 0 Å². The number of carbonyl (C=O) groups is 1. The van der Waals surface area contributed by atoms with Crippen LogP contribution >= 0.6 is 0 Å². The van der Waals surface area contributed by atoms with Crippen LogP contribution in [0.1, 0.15) is 25.3 Å². The number of guanidine groups is 1. The van der Waals surface area contributed by atoms with Crippen molar-refractivity contribution in [2.45, 2.75) is 26.2 Å². The molecule has 1 rings (SSSR count). The fourth-order valence-corrected chi connectivity index (χ4v) is 1.96. The van der Waals surface area contributed by atoms with Gasteiger partial charge in [-0.15, -0.1) is 0 Å². The Bertz CT molecular complexity index is 512. The van der Waals surface area contributed by atoms with E-state index < -0.39 is 0 Å². The first kappa shape index (κ1) is 19.8. The third kappa shape index (κ3) is 7.85. The molecule has 1 aromatic carbocycles. The van der Waals surface area contributed by atoms with Crippen LogP contribution in [0.2, 0.25) is 0 Å². The summed E-state index contributed by atoms with van der Waals surface area (Å²) in [6, 6.07) is 8.02. The summed E-state index contributed by atoms with van der Waals surface area (Å²) in [6.07, 6.45) is 3.06. The van der Waals surface area contributed by atoms with Gasteiger partial charge in [-0.2, -0.15) is 0 Å². The van der Waals surface area contributed by atoms with Crippen molar-refractivity contribution in [2.75, 3.05) is 40.8 Å². The van der Waals surface area contributed by atoms with Crippen molar-refractivity contribution < 1.29 is 9.53 Å². The SMILES string of the molecule is CCCCNC(=NCC(=O)N(C)C)NCCc1ccc(OC)cc1. The molecule has 0 radical (unpaired) electrons. The number of amides is 1. The van der Waals surface area contributed by atoms with Crippen molar-refractivity contribution in [3.63, 3.8) is 0 Å². The monoisotopic (exact) mass is 334 g/mol. The summed E-state index contributed by atoms with van der Waals surface area (Å²) in [4.78, 5) is 17.6. The maximum Gasteiger partial charge on any atom is 0.243 e. The van der Waals surface area contributed by atoms with Gasteiger partial charge in [0.05, 0.1) is 7.11 Å². The van der Waals surface area contributed by atoms with Crippen molar-refractivity contribution >= 4 is 11.9 Å². The van der Waals surface area contributed by atoms with Gasteiger partial charge in [0.15, 0.2) is 5.96 Å². The zero-order valence-corrected chi connectivity index (χ0v) is 15.3. The quantitative estimate of drug-likeness (QED) is 0.409. The lowest BCUT2D eigenvalue weighted by Gasteiger charge is -2.13. The number of likely N-dealkylation sites (N-methyl/N-ethyl adjacent to an activating group) is 1. The molecule has 0 saturated heterocycles. The van der Waals surface area contributed by atoms with E-state index in [4.69, 9.17) is 4.74 Å². The minimum Gasteiger partial charge on any atom is -0.497 e. The van der Waals surface area contributed by atoms with E-state index in [-0.39, 0.29) is 12.5 Å². The average molecular weight is 334 g/mol. The fourth-order valence-electron chi connectivity index (χ4n) is 1.96. The van der Waals surface area contributed by atoms with Gasteiger partial charge in [0.2, 0.25) is 5.91 Å². The molecule has 1 aromatic rings. The Morgan fingerprint density at radius 1 is 1.17 bits per heavy atom. The molecule has 0 fully saturated rings. The number of rotatable bonds is 9. The number of hydrogen-bond acceptors (Lipinski definition) is 3. The topological polar surface area (TPSA) is 66.0 Å². The molecule has 1 amide bonds. The second-order valence-corrected chi connectivity index (χ2v) is 5.76. The Balaban J connectivity index is 2.50. The van der Waals surface area contributed by atoms with Gasteiger partial charge in [-0.25, -0.2) is 4.99 Å². The first-order chi connectivity index (χ1) is 11.6. The Labute approximate surface area is 145 Å². The summed E-state index contributed by atoms with van der Waals surface area (Å²) < 4.78 is 5.16. The lowest BCUT2D eigenvalue weighted by molar-refractivity contribution is -0.127. The molecule has 0 spiro atoms. The zero-order chi connectivity index (χ0) is 17.8. The summed E-state index contributed by atoms with van der Waals surface area (Å²) in [5.74, 6) is 1.53. The van der Waals surface area contributed by atoms with Crippen LogP contribution in [0.5, 0.6) is 5.75 Å². The Morgan fingerprint density at radius 3 is 2.42 bits per heavy atom. The maximum absolute atomic E-state index is 11.7. The van der Waals surface area contributed by atoms with E-state index in [9.17, 15) is 4.79 Å². The standard InChI is InChI=1S/C18H30N4O2/c1-5-6-12-19-18(21-14-17(23)22(2)3)20-13-11-15-7-9-16(24-4)10-8-15/h7-10H,5-6,11-14H2,1-4H3,(H2,19,20,21). The Morgan fingerprint density at radius 2 is 1.83 bits per heavy atom. The van der Waals surface area contributed by atoms with Crippen LogP contribution in [-0.2, 0) is 11.2 Å². The number of benzene rings is 1. The third-order valence-electron chi connectivity index (χ3n) is 3.56. The normalized spacial score (nSPS) is 11.1. The van der Waals surface area contributed by atoms with Gasteiger partial charge in [-0.3, -0.25) is 4.79 Å². The van der Waals surface area contributed by atoms with Gasteiger partial charge >= 0.3 is 0 Å². The summed E-state index contributed by atoms with van der Waals surface area (Å²) in [7, 11) is 5.13. The predicted molar refractivity (Wildman–Crippen MR) is 98.6 cm³/mol. The van der Waals surface area contributed by atoms with Gasteiger partial charge in [0.1, 0.15) is 12.3 Å². The van der Waals surface area contributed by atoms with E-state index in [2.05, 4.69) is 34.7 Å². The zero-order valence-electron chi connectivity index (χ0n) is 15.3. The largest absolute Gasteiger partial charge is 0.497 e. The highest BCUT2D eigenvalue weighted by atomic mass is 16.5. The molecule has 6 heteroatoms. The highest BCUT2D eigenvalue weighted by Crippen LogP contribution is 2.11. The number of methoxy groups -OCH3 is 1. The van der Waals surface area contributed by atoms with Gasteiger partial charge < -0.3 is 20.3 Å². The maximum atomic E-state index is 11.7. The van der Waals surface area contributed by atoms with Gasteiger partial charge in [-0.1, -0.05) is 25.5 Å². The van der Waals surface area contributed by atoms with Crippen LogP contribution in [0, 0.1) is 0 Å². The Kier molecular flexibility index (Phi) is 9.34. The van der Waals surface area contributed by atoms with Gasteiger partial charge in [-0.05, 0) is 30.5 Å². The summed E-state index contributed by atoms with van der Waals surface area (Å²) >= 11 is 0. The molecule has 6 nitrogen and oxygen atoms in total. The number of aliphatic imine (C=N–C) groups is 1. The molecule has 0 aliphatic carbocycles. The molecule has 0 heterocycles. The van der Waals surface area contributed by atoms with E-state index in [1.165, 1.54) is 5.56 Å². The highest BCUT2D eigenvalue weighted by molar-refractivity contribution is 5.84. The van der Waals surface area contributed by atoms with Gasteiger partial charge in [0, 0.05) is 27.2 Å². The first-order valence-corrected chi connectivity index (χ1v) is 8.42. The van der Waals surface area contributed by atoms with Crippen molar-refractivity contribution in [3.8, 4) is 5.75 Å². The van der Waals surface area contributed by atoms with Crippen LogP contribution in [0.15, 0.2) is 29.3 Å². The Hall–Kier alpha value is -2.24. The molecule has 0 unspecified atom stereocenters. The lowest BCUT2D eigenvalue weighted by atomic mass is 10.1. The second-order valence-electron chi connectivity index (χ2n) is 5.76. The first-order valence-electron chi connectivity index (χ1n) is 8.42. The van der Waals surface area contributed by atoms with E-state index in [0.29, 0.717) is 5.96 Å². The lowest BCUT2D eigenvalue weighted by Crippen LogP contribution is -2.40. The van der Waals surface area contributed by atoms with Crippen LogP contribution in [0.3, 0.4) is 0 Å². The summed E-state index contributed by atoms with van der Waals surface area (Å²) in [6.45, 7) is 3.89. The molecule has 0 atom stereocenters. The minimum absolute atomic E-state index is 0.0123. The highest BCUT2D eigenvalue weighted by Gasteiger charge is 2.04. The summed E-state index contributed by atoms with van der Waals surface area (Å²) in [5, 5.41) is 6.55. The number of hydrogen-bond donors (Lipinski definition) is 2. The molecular formula is C18H30N4O2. The fraction of sp³-hybridized carbons (Fsp3) is 0.556. The van der Waals surface area contributed by atoms with E-state index in [0.717, 1.165) is 38.1 Å². The van der Waals surface area contributed by atoms with Crippen LogP contribution in [0.4, 0.5) is 0 Å². The number of carbonyl (C=O) groups excluding carboxylic acids is 1. The summed E-state index contributed by atoms with van der Waals surface area (Å²) in [5.41, 5.74) is 1.22. The average Bonchev–Trinajstić information content (AvgIpc) is 2.59. The van der Waals surface area contributed by atoms with E-state index >= 15 is 0 Å². The number of nitrogens with zero attached hydrogens (tertiary/aromatic N) is 2. The number of unbranched alkanes of at least 4 members (excludes halogenated alkanes) is 1. The van der Waals surface area contributed by atoms with E-state index in [1.54, 1.807) is 26.1 Å². The van der Waals surface area contributed by atoms with Crippen LogP contribution < -0.4 is 15.4 Å². The molecule has 2 N–H and O–H groups in total. The van der Waals surface area contributed by atoms with Crippen molar-refractivity contribution in [1.82, 2.24) is 15.5 Å². The molecule has 0 aromatic heterocycles.